The molecule has 5 heteroatoms. The molecule has 0 aliphatic rings. The highest BCUT2D eigenvalue weighted by Crippen LogP contribution is 2.16. The van der Waals surface area contributed by atoms with E-state index in [-0.39, 0.29) is 5.02 Å². The lowest BCUT2D eigenvalue weighted by atomic mass is 10.2. The zero-order valence-corrected chi connectivity index (χ0v) is 10.5. The molecule has 94 valence electrons. The molecule has 0 fully saturated rings. The Morgan fingerprint density at radius 1 is 1.50 bits per heavy atom. The van der Waals surface area contributed by atoms with E-state index < -0.39 is 5.82 Å². The van der Waals surface area contributed by atoms with Gasteiger partial charge in [0.2, 0.25) is 5.95 Å². The van der Waals surface area contributed by atoms with E-state index in [1.807, 2.05) is 10.8 Å². The third kappa shape index (κ3) is 2.90. The smallest absolute Gasteiger partial charge is 0.203 e. The molecule has 1 aromatic heterocycles. The Bertz CT molecular complexity index is 551. The molecule has 0 unspecified atom stereocenters. The summed E-state index contributed by atoms with van der Waals surface area (Å²) in [6.45, 7) is 4.90. The fourth-order valence-corrected chi connectivity index (χ4v) is 1.80. The minimum absolute atomic E-state index is 0.128. The molecule has 0 aliphatic heterocycles. The van der Waals surface area contributed by atoms with Gasteiger partial charge >= 0.3 is 0 Å². The van der Waals surface area contributed by atoms with E-state index in [1.165, 1.54) is 6.07 Å². The molecule has 0 atom stereocenters. The van der Waals surface area contributed by atoms with Gasteiger partial charge in [-0.2, -0.15) is 0 Å². The highest BCUT2D eigenvalue weighted by molar-refractivity contribution is 6.30. The number of anilines is 1. The second-order valence-corrected chi connectivity index (χ2v) is 4.20. The molecule has 2 rings (SSSR count). The molecule has 0 saturated heterocycles. The summed E-state index contributed by atoms with van der Waals surface area (Å²) in [4.78, 5) is 4.19. The van der Waals surface area contributed by atoms with Gasteiger partial charge in [-0.1, -0.05) is 23.7 Å². The first kappa shape index (κ1) is 12.6. The lowest BCUT2D eigenvalue weighted by Crippen LogP contribution is -2.06. The van der Waals surface area contributed by atoms with Crippen LogP contribution >= 0.6 is 11.6 Å². The number of allylic oxidation sites excluding steroid dienone is 1. The van der Waals surface area contributed by atoms with Crippen molar-refractivity contribution in [1.29, 1.82) is 0 Å². The molecule has 3 nitrogen and oxygen atoms in total. The SMILES string of the molecule is C=CCn1ccnc1NCc1ccc(F)c(Cl)c1. The predicted octanol–water partition coefficient (Wildman–Crippen LogP) is 3.47. The number of nitrogens with one attached hydrogen (secondary N) is 1. The van der Waals surface area contributed by atoms with Gasteiger partial charge in [0.05, 0.1) is 5.02 Å². The molecule has 1 aromatic carbocycles. The molecule has 0 bridgehead atoms. The number of aromatic nitrogens is 2. The van der Waals surface area contributed by atoms with Gasteiger partial charge in [-0.15, -0.1) is 6.58 Å². The number of benzene rings is 1. The Morgan fingerprint density at radius 2 is 2.33 bits per heavy atom. The maximum absolute atomic E-state index is 13.0. The van der Waals surface area contributed by atoms with Crippen LogP contribution in [0.1, 0.15) is 5.56 Å². The van der Waals surface area contributed by atoms with Crippen molar-refractivity contribution in [2.45, 2.75) is 13.1 Å². The number of hydrogen-bond acceptors (Lipinski definition) is 2. The van der Waals surface area contributed by atoms with E-state index in [9.17, 15) is 4.39 Å². The largest absolute Gasteiger partial charge is 0.352 e. The molecule has 0 saturated carbocycles. The van der Waals surface area contributed by atoms with Crippen molar-refractivity contribution in [3.63, 3.8) is 0 Å². The van der Waals surface area contributed by atoms with Crippen molar-refractivity contribution in [3.8, 4) is 0 Å². The van der Waals surface area contributed by atoms with Gasteiger partial charge < -0.3 is 9.88 Å². The quantitative estimate of drug-likeness (QED) is 0.839. The summed E-state index contributed by atoms with van der Waals surface area (Å²) >= 11 is 5.72. The van der Waals surface area contributed by atoms with Crippen molar-refractivity contribution in [1.82, 2.24) is 9.55 Å². The van der Waals surface area contributed by atoms with E-state index in [4.69, 9.17) is 11.6 Å². The first-order chi connectivity index (χ1) is 8.70. The van der Waals surface area contributed by atoms with Gasteiger partial charge in [-0.3, -0.25) is 0 Å². The van der Waals surface area contributed by atoms with Gasteiger partial charge in [0, 0.05) is 25.5 Å². The van der Waals surface area contributed by atoms with Gasteiger partial charge in [-0.05, 0) is 17.7 Å². The Balaban J connectivity index is 2.04. The molecular weight excluding hydrogens is 253 g/mol. The highest BCUT2D eigenvalue weighted by Gasteiger charge is 2.03. The molecular formula is C13H13ClFN3. The van der Waals surface area contributed by atoms with E-state index in [0.717, 1.165) is 11.5 Å². The van der Waals surface area contributed by atoms with Crippen molar-refractivity contribution in [3.05, 3.63) is 59.7 Å². The third-order valence-corrected chi connectivity index (χ3v) is 2.77. The summed E-state index contributed by atoms with van der Waals surface area (Å²) in [5.74, 6) is 0.337. The van der Waals surface area contributed by atoms with E-state index in [1.54, 1.807) is 24.4 Å². The van der Waals surface area contributed by atoms with E-state index in [2.05, 4.69) is 16.9 Å². The number of hydrogen-bond donors (Lipinski definition) is 1. The van der Waals surface area contributed by atoms with Crippen LogP contribution in [-0.4, -0.2) is 9.55 Å². The van der Waals surface area contributed by atoms with Crippen LogP contribution in [-0.2, 0) is 13.1 Å². The van der Waals surface area contributed by atoms with Crippen LogP contribution < -0.4 is 5.32 Å². The van der Waals surface area contributed by atoms with Crippen molar-refractivity contribution >= 4 is 17.5 Å². The van der Waals surface area contributed by atoms with Gasteiger partial charge in [0.25, 0.3) is 0 Å². The van der Waals surface area contributed by atoms with Crippen LogP contribution in [0, 0.1) is 5.82 Å². The Hall–Kier alpha value is -1.81. The second-order valence-electron chi connectivity index (χ2n) is 3.79. The molecule has 1 heterocycles. The highest BCUT2D eigenvalue weighted by atomic mass is 35.5. The van der Waals surface area contributed by atoms with Crippen LogP contribution in [0.4, 0.5) is 10.3 Å². The number of nitrogens with zero attached hydrogens (tertiary/aromatic N) is 2. The molecule has 0 aliphatic carbocycles. The molecule has 1 N–H and O–H groups in total. The minimum Gasteiger partial charge on any atom is -0.352 e. The molecule has 0 radical (unpaired) electrons. The zero-order valence-electron chi connectivity index (χ0n) is 9.74. The summed E-state index contributed by atoms with van der Waals surface area (Å²) in [5, 5.41) is 3.29. The molecule has 18 heavy (non-hydrogen) atoms. The first-order valence-electron chi connectivity index (χ1n) is 5.50. The Labute approximate surface area is 110 Å². The molecule has 0 amide bonds. The summed E-state index contributed by atoms with van der Waals surface area (Å²) in [7, 11) is 0. The third-order valence-electron chi connectivity index (χ3n) is 2.48. The Morgan fingerprint density at radius 3 is 3.06 bits per heavy atom. The summed E-state index contributed by atoms with van der Waals surface area (Å²) in [5.41, 5.74) is 0.898. The van der Waals surface area contributed by atoms with Crippen LogP contribution in [0.2, 0.25) is 5.02 Å². The summed E-state index contributed by atoms with van der Waals surface area (Å²) in [6, 6.07) is 4.65. The average molecular weight is 266 g/mol. The van der Waals surface area contributed by atoms with Gasteiger partial charge in [0.1, 0.15) is 5.82 Å². The topological polar surface area (TPSA) is 29.9 Å². The van der Waals surface area contributed by atoms with Crippen molar-refractivity contribution in [2.75, 3.05) is 5.32 Å². The van der Waals surface area contributed by atoms with Crippen LogP contribution in [0.25, 0.3) is 0 Å². The lowest BCUT2D eigenvalue weighted by molar-refractivity contribution is 0.627. The molecule has 2 aromatic rings. The predicted molar refractivity (Wildman–Crippen MR) is 71.2 cm³/mol. The Kier molecular flexibility index (Phi) is 3.99. The second kappa shape index (κ2) is 5.69. The van der Waals surface area contributed by atoms with Gasteiger partial charge in [0.15, 0.2) is 0 Å². The standard InChI is InChI=1S/C13H13ClFN3/c1-2-6-18-7-5-16-13(18)17-9-10-3-4-12(15)11(14)8-10/h2-5,7-8H,1,6,9H2,(H,16,17). The fraction of sp³-hybridized carbons (Fsp3) is 0.154. The monoisotopic (exact) mass is 265 g/mol. The van der Waals surface area contributed by atoms with Crippen LogP contribution in [0.5, 0.6) is 0 Å². The fourth-order valence-electron chi connectivity index (χ4n) is 1.59. The van der Waals surface area contributed by atoms with Gasteiger partial charge in [-0.25, -0.2) is 9.37 Å². The van der Waals surface area contributed by atoms with Crippen LogP contribution in [0.15, 0.2) is 43.2 Å². The summed E-state index contributed by atoms with van der Waals surface area (Å²) in [6.07, 6.45) is 5.37. The molecule has 0 spiro atoms. The number of imidazole rings is 1. The van der Waals surface area contributed by atoms with Crippen molar-refractivity contribution in [2.24, 2.45) is 0 Å². The maximum atomic E-state index is 13.0. The summed E-state index contributed by atoms with van der Waals surface area (Å²) < 4.78 is 14.9. The number of halogens is 2. The van der Waals surface area contributed by atoms with E-state index in [0.29, 0.717) is 13.1 Å². The van der Waals surface area contributed by atoms with E-state index >= 15 is 0 Å². The van der Waals surface area contributed by atoms with Crippen LogP contribution in [0.3, 0.4) is 0 Å². The zero-order chi connectivity index (χ0) is 13.0. The lowest BCUT2D eigenvalue weighted by Gasteiger charge is -2.08. The normalized spacial score (nSPS) is 10.3. The van der Waals surface area contributed by atoms with Crippen molar-refractivity contribution < 1.29 is 4.39 Å². The first-order valence-corrected chi connectivity index (χ1v) is 5.88. The minimum atomic E-state index is -0.409. The number of rotatable bonds is 5. The average Bonchev–Trinajstić information content (AvgIpc) is 2.79. The maximum Gasteiger partial charge on any atom is 0.203 e.